The third-order valence-electron chi connectivity index (χ3n) is 3.74. The quantitative estimate of drug-likeness (QED) is 0.917. The number of benzene rings is 2. The van der Waals surface area contributed by atoms with Crippen LogP contribution in [0.1, 0.15) is 29.7 Å². The Morgan fingerprint density at radius 2 is 2.00 bits per heavy atom. The van der Waals surface area contributed by atoms with Crippen LogP contribution in [0.2, 0.25) is 0 Å². The lowest BCUT2D eigenvalue weighted by molar-refractivity contribution is 0.356. The molecule has 0 saturated carbocycles. The van der Waals surface area contributed by atoms with Crippen LogP contribution in [0, 0.1) is 5.82 Å². The first-order chi connectivity index (χ1) is 9.72. The van der Waals surface area contributed by atoms with E-state index in [1.807, 2.05) is 18.2 Å². The Morgan fingerprint density at radius 3 is 2.80 bits per heavy atom. The summed E-state index contributed by atoms with van der Waals surface area (Å²) in [5.41, 5.74) is 3.64. The summed E-state index contributed by atoms with van der Waals surface area (Å²) in [4.78, 5) is 0. The zero-order valence-corrected chi connectivity index (χ0v) is 11.5. The molecule has 1 unspecified atom stereocenters. The Kier molecular flexibility index (Phi) is 3.70. The summed E-state index contributed by atoms with van der Waals surface area (Å²) in [7, 11) is 0. The molecule has 0 aromatic heterocycles. The number of ether oxygens (including phenoxy) is 1. The SMILES string of the molecule is CC(NCc1ccc(F)cc1)c1ccc2c(c1)CCO2. The van der Waals surface area contributed by atoms with Crippen LogP contribution in [0.4, 0.5) is 4.39 Å². The number of rotatable bonds is 4. The molecule has 3 rings (SSSR count). The maximum absolute atomic E-state index is 12.8. The van der Waals surface area contributed by atoms with E-state index in [0.717, 1.165) is 30.9 Å². The lowest BCUT2D eigenvalue weighted by atomic mass is 10.0. The van der Waals surface area contributed by atoms with E-state index in [2.05, 4.69) is 24.4 Å². The van der Waals surface area contributed by atoms with Gasteiger partial charge < -0.3 is 10.1 Å². The van der Waals surface area contributed by atoms with Crippen LogP contribution in [0.15, 0.2) is 42.5 Å². The van der Waals surface area contributed by atoms with Crippen LogP contribution in [0.5, 0.6) is 5.75 Å². The summed E-state index contributed by atoms with van der Waals surface area (Å²) < 4.78 is 18.4. The van der Waals surface area contributed by atoms with Gasteiger partial charge in [0.15, 0.2) is 0 Å². The standard InChI is InChI=1S/C17H18FNO/c1-12(19-11-13-2-5-16(18)6-3-13)14-4-7-17-15(10-14)8-9-20-17/h2-7,10,12,19H,8-9,11H2,1H3. The molecule has 0 saturated heterocycles. The maximum atomic E-state index is 12.8. The molecule has 2 aromatic carbocycles. The van der Waals surface area contributed by atoms with Gasteiger partial charge in [0, 0.05) is 19.0 Å². The fourth-order valence-corrected chi connectivity index (χ4v) is 2.47. The Bertz CT molecular complexity index is 594. The molecule has 0 bridgehead atoms. The summed E-state index contributed by atoms with van der Waals surface area (Å²) in [6.07, 6.45) is 0.994. The molecular weight excluding hydrogens is 253 g/mol. The van der Waals surface area contributed by atoms with Gasteiger partial charge in [0.1, 0.15) is 11.6 Å². The molecule has 1 N–H and O–H groups in total. The number of hydrogen-bond donors (Lipinski definition) is 1. The van der Waals surface area contributed by atoms with Gasteiger partial charge >= 0.3 is 0 Å². The van der Waals surface area contributed by atoms with Gasteiger partial charge in [-0.1, -0.05) is 24.3 Å². The molecule has 1 aliphatic rings. The van der Waals surface area contributed by atoms with E-state index < -0.39 is 0 Å². The Morgan fingerprint density at radius 1 is 1.20 bits per heavy atom. The van der Waals surface area contributed by atoms with Gasteiger partial charge in [-0.2, -0.15) is 0 Å². The molecular formula is C17H18FNO. The van der Waals surface area contributed by atoms with Crippen LogP contribution >= 0.6 is 0 Å². The molecule has 2 nitrogen and oxygen atoms in total. The van der Waals surface area contributed by atoms with E-state index >= 15 is 0 Å². The third kappa shape index (κ3) is 2.83. The number of hydrogen-bond acceptors (Lipinski definition) is 2. The molecule has 0 aliphatic carbocycles. The van der Waals surface area contributed by atoms with E-state index in [1.54, 1.807) is 0 Å². The highest BCUT2D eigenvalue weighted by atomic mass is 19.1. The van der Waals surface area contributed by atoms with Gasteiger partial charge in [0.2, 0.25) is 0 Å². The van der Waals surface area contributed by atoms with Crippen molar-refractivity contribution < 1.29 is 9.13 Å². The molecule has 1 heterocycles. The zero-order valence-electron chi connectivity index (χ0n) is 11.5. The lowest BCUT2D eigenvalue weighted by Crippen LogP contribution is -2.18. The topological polar surface area (TPSA) is 21.3 Å². The van der Waals surface area contributed by atoms with Crippen molar-refractivity contribution >= 4 is 0 Å². The second kappa shape index (κ2) is 5.63. The zero-order chi connectivity index (χ0) is 13.9. The smallest absolute Gasteiger partial charge is 0.123 e. The highest BCUT2D eigenvalue weighted by molar-refractivity contribution is 5.40. The predicted octanol–water partition coefficient (Wildman–Crippen LogP) is 3.61. The summed E-state index contributed by atoms with van der Waals surface area (Å²) in [5.74, 6) is 0.819. The van der Waals surface area contributed by atoms with Crippen molar-refractivity contribution in [3.63, 3.8) is 0 Å². The van der Waals surface area contributed by atoms with Gasteiger partial charge in [-0.15, -0.1) is 0 Å². The van der Waals surface area contributed by atoms with Crippen molar-refractivity contribution in [3.05, 3.63) is 65.0 Å². The normalized spacial score (nSPS) is 14.7. The molecule has 3 heteroatoms. The average Bonchev–Trinajstić information content (AvgIpc) is 2.93. The van der Waals surface area contributed by atoms with Crippen LogP contribution in [0.3, 0.4) is 0 Å². The monoisotopic (exact) mass is 271 g/mol. The average molecular weight is 271 g/mol. The van der Waals surface area contributed by atoms with Gasteiger partial charge in [-0.05, 0) is 41.8 Å². The van der Waals surface area contributed by atoms with Crippen molar-refractivity contribution in [2.24, 2.45) is 0 Å². The first kappa shape index (κ1) is 13.1. The largest absolute Gasteiger partial charge is 0.493 e. The van der Waals surface area contributed by atoms with Crippen molar-refractivity contribution in [2.75, 3.05) is 6.61 Å². The van der Waals surface area contributed by atoms with E-state index in [0.29, 0.717) is 0 Å². The Hall–Kier alpha value is -1.87. The minimum Gasteiger partial charge on any atom is -0.493 e. The van der Waals surface area contributed by atoms with E-state index in [-0.39, 0.29) is 11.9 Å². The summed E-state index contributed by atoms with van der Waals surface area (Å²) >= 11 is 0. The number of nitrogens with one attached hydrogen (secondary N) is 1. The molecule has 0 radical (unpaired) electrons. The van der Waals surface area contributed by atoms with Crippen LogP contribution < -0.4 is 10.1 Å². The maximum Gasteiger partial charge on any atom is 0.123 e. The number of fused-ring (bicyclic) bond motifs is 1. The van der Waals surface area contributed by atoms with E-state index in [1.165, 1.54) is 23.3 Å². The molecule has 0 fully saturated rings. The minimum absolute atomic E-state index is 0.194. The van der Waals surface area contributed by atoms with Crippen molar-refractivity contribution in [2.45, 2.75) is 25.9 Å². The fraction of sp³-hybridized carbons (Fsp3) is 0.294. The van der Waals surface area contributed by atoms with Crippen LogP contribution in [0.25, 0.3) is 0 Å². The molecule has 20 heavy (non-hydrogen) atoms. The fourth-order valence-electron chi connectivity index (χ4n) is 2.47. The highest BCUT2D eigenvalue weighted by Gasteiger charge is 2.14. The third-order valence-corrected chi connectivity index (χ3v) is 3.74. The van der Waals surface area contributed by atoms with Crippen molar-refractivity contribution in [1.29, 1.82) is 0 Å². The van der Waals surface area contributed by atoms with Crippen molar-refractivity contribution in [1.82, 2.24) is 5.32 Å². The molecule has 0 amide bonds. The summed E-state index contributed by atoms with van der Waals surface area (Å²) in [6, 6.07) is 13.2. The second-order valence-corrected chi connectivity index (χ2v) is 5.19. The lowest BCUT2D eigenvalue weighted by Gasteiger charge is -2.15. The molecule has 1 atom stereocenters. The van der Waals surface area contributed by atoms with Crippen LogP contribution in [-0.4, -0.2) is 6.61 Å². The van der Waals surface area contributed by atoms with Gasteiger partial charge in [0.05, 0.1) is 6.61 Å². The second-order valence-electron chi connectivity index (χ2n) is 5.19. The molecule has 0 spiro atoms. The highest BCUT2D eigenvalue weighted by Crippen LogP contribution is 2.28. The molecule has 1 aliphatic heterocycles. The first-order valence-corrected chi connectivity index (χ1v) is 6.96. The van der Waals surface area contributed by atoms with Gasteiger partial charge in [-0.3, -0.25) is 0 Å². The first-order valence-electron chi connectivity index (χ1n) is 6.96. The van der Waals surface area contributed by atoms with Gasteiger partial charge in [0.25, 0.3) is 0 Å². The van der Waals surface area contributed by atoms with Gasteiger partial charge in [-0.25, -0.2) is 4.39 Å². The summed E-state index contributed by atoms with van der Waals surface area (Å²) in [6.45, 7) is 3.66. The van der Waals surface area contributed by atoms with Crippen molar-refractivity contribution in [3.8, 4) is 5.75 Å². The Labute approximate surface area is 118 Å². The van der Waals surface area contributed by atoms with E-state index in [4.69, 9.17) is 4.74 Å². The minimum atomic E-state index is -0.194. The number of halogens is 1. The molecule has 104 valence electrons. The molecule has 2 aromatic rings. The summed E-state index contributed by atoms with van der Waals surface area (Å²) in [5, 5.41) is 3.46. The Balaban J connectivity index is 1.64. The van der Waals surface area contributed by atoms with Crippen LogP contribution in [-0.2, 0) is 13.0 Å². The van der Waals surface area contributed by atoms with E-state index in [9.17, 15) is 4.39 Å². The predicted molar refractivity (Wildman–Crippen MR) is 77.3 cm³/mol.